The molecule has 0 atom stereocenters. The van der Waals surface area contributed by atoms with Crippen LogP contribution in [0.15, 0.2) is 78.9 Å². The molecule has 0 spiro atoms. The molecule has 0 bridgehead atoms. The van der Waals surface area contributed by atoms with Gasteiger partial charge in [-0.1, -0.05) is 54.6 Å². The Morgan fingerprint density at radius 3 is 2.04 bits per heavy atom. The van der Waals surface area contributed by atoms with Crippen LogP contribution in [0.5, 0.6) is 0 Å². The van der Waals surface area contributed by atoms with Crippen LogP contribution in [-0.2, 0) is 4.79 Å². The summed E-state index contributed by atoms with van der Waals surface area (Å²) in [5, 5.41) is 0. The van der Waals surface area contributed by atoms with E-state index < -0.39 is 11.6 Å². The monoisotopic (exact) mass is 347 g/mol. The zero-order chi connectivity index (χ0) is 18.1. The molecular formula is C22H15F2NO. The van der Waals surface area contributed by atoms with Crippen molar-refractivity contribution in [1.82, 2.24) is 0 Å². The normalized spacial score (nSPS) is 14.2. The summed E-state index contributed by atoms with van der Waals surface area (Å²) in [5.74, 6) is -2.12. The smallest absolute Gasteiger partial charge is 0.259 e. The third-order valence-electron chi connectivity index (χ3n) is 4.48. The van der Waals surface area contributed by atoms with Gasteiger partial charge in [-0.05, 0) is 41.0 Å². The van der Waals surface area contributed by atoms with Gasteiger partial charge in [0.05, 0.1) is 12.1 Å². The fourth-order valence-electron chi connectivity index (χ4n) is 3.21. The van der Waals surface area contributed by atoms with Crippen LogP contribution < -0.4 is 4.90 Å². The average molecular weight is 347 g/mol. The molecule has 0 saturated carbocycles. The number of halogens is 2. The highest BCUT2D eigenvalue weighted by Crippen LogP contribution is 2.37. The van der Waals surface area contributed by atoms with Crippen molar-refractivity contribution in [3.8, 4) is 0 Å². The topological polar surface area (TPSA) is 20.3 Å². The van der Waals surface area contributed by atoms with Crippen LogP contribution in [0.3, 0.4) is 0 Å². The minimum absolute atomic E-state index is 0.221. The summed E-state index contributed by atoms with van der Waals surface area (Å²) in [4.78, 5) is 14.8. The summed E-state index contributed by atoms with van der Waals surface area (Å²) < 4.78 is 27.1. The van der Waals surface area contributed by atoms with Gasteiger partial charge in [-0.25, -0.2) is 8.78 Å². The maximum absolute atomic E-state index is 13.8. The fourth-order valence-corrected chi connectivity index (χ4v) is 3.21. The van der Waals surface area contributed by atoms with Gasteiger partial charge >= 0.3 is 0 Å². The summed E-state index contributed by atoms with van der Waals surface area (Å²) >= 11 is 0. The maximum Gasteiger partial charge on any atom is 0.259 e. The van der Waals surface area contributed by atoms with E-state index in [0.29, 0.717) is 17.7 Å². The Bertz CT molecular complexity index is 997. The lowest BCUT2D eigenvalue weighted by atomic mass is 9.96. The van der Waals surface area contributed by atoms with E-state index >= 15 is 0 Å². The molecular weight excluding hydrogens is 332 g/mol. The van der Waals surface area contributed by atoms with Crippen molar-refractivity contribution in [3.63, 3.8) is 0 Å². The molecule has 0 radical (unpaired) electrons. The van der Waals surface area contributed by atoms with Crippen LogP contribution in [0, 0.1) is 11.6 Å². The van der Waals surface area contributed by atoms with E-state index in [1.165, 1.54) is 6.07 Å². The lowest BCUT2D eigenvalue weighted by Gasteiger charge is -2.17. The Morgan fingerprint density at radius 2 is 1.38 bits per heavy atom. The molecule has 4 heteroatoms. The van der Waals surface area contributed by atoms with E-state index in [-0.39, 0.29) is 5.91 Å². The zero-order valence-corrected chi connectivity index (χ0v) is 13.8. The molecule has 1 aliphatic rings. The quantitative estimate of drug-likeness (QED) is 0.658. The largest absolute Gasteiger partial charge is 0.304 e. The van der Waals surface area contributed by atoms with Crippen molar-refractivity contribution in [2.75, 3.05) is 11.4 Å². The zero-order valence-electron chi connectivity index (χ0n) is 13.8. The van der Waals surface area contributed by atoms with Crippen molar-refractivity contribution in [2.45, 2.75) is 0 Å². The molecule has 128 valence electrons. The third-order valence-corrected chi connectivity index (χ3v) is 4.48. The number of hydrogen-bond acceptors (Lipinski definition) is 1. The molecule has 0 N–H and O–H groups in total. The number of rotatable bonds is 3. The predicted octanol–water partition coefficient (Wildman–Crippen LogP) is 4.92. The molecule has 1 heterocycles. The Balaban J connectivity index is 1.86. The van der Waals surface area contributed by atoms with Crippen LogP contribution in [0.25, 0.3) is 11.1 Å². The van der Waals surface area contributed by atoms with Gasteiger partial charge in [-0.2, -0.15) is 0 Å². The second-order valence-corrected chi connectivity index (χ2v) is 6.08. The first-order chi connectivity index (χ1) is 12.6. The molecule has 3 aromatic carbocycles. The Kier molecular flexibility index (Phi) is 4.09. The highest BCUT2D eigenvalue weighted by atomic mass is 19.2. The van der Waals surface area contributed by atoms with Crippen LogP contribution in [0.4, 0.5) is 14.5 Å². The maximum atomic E-state index is 13.8. The van der Waals surface area contributed by atoms with Crippen LogP contribution in [0.1, 0.15) is 11.1 Å². The number of nitrogens with zero attached hydrogens (tertiary/aromatic N) is 1. The summed E-state index contributed by atoms with van der Waals surface area (Å²) in [7, 11) is 0. The third kappa shape index (κ3) is 2.80. The highest BCUT2D eigenvalue weighted by Gasteiger charge is 2.33. The number of hydrogen-bond donors (Lipinski definition) is 0. The van der Waals surface area contributed by atoms with Crippen LogP contribution >= 0.6 is 0 Å². The standard InChI is InChI=1S/C22H15F2NO/c23-19-12-11-16(13-20(19)24)21-18(15-7-3-1-4-8-15)14-25(22(21)26)17-9-5-2-6-10-17/h1-13H,14H2. The van der Waals surface area contributed by atoms with E-state index in [9.17, 15) is 13.6 Å². The van der Waals surface area contributed by atoms with Crippen molar-refractivity contribution in [2.24, 2.45) is 0 Å². The highest BCUT2D eigenvalue weighted by molar-refractivity contribution is 6.36. The van der Waals surface area contributed by atoms with Gasteiger partial charge in [0.15, 0.2) is 11.6 Å². The van der Waals surface area contributed by atoms with Crippen molar-refractivity contribution < 1.29 is 13.6 Å². The lowest BCUT2D eigenvalue weighted by molar-refractivity contribution is -0.112. The van der Waals surface area contributed by atoms with Gasteiger partial charge < -0.3 is 4.90 Å². The first-order valence-electron chi connectivity index (χ1n) is 8.26. The summed E-state index contributed by atoms with van der Waals surface area (Å²) in [5.41, 5.74) is 3.23. The van der Waals surface area contributed by atoms with E-state index in [1.54, 1.807) is 4.90 Å². The second kappa shape index (κ2) is 6.56. The number of anilines is 1. The van der Waals surface area contributed by atoms with E-state index in [1.807, 2.05) is 60.7 Å². The molecule has 26 heavy (non-hydrogen) atoms. The molecule has 4 rings (SSSR count). The lowest BCUT2D eigenvalue weighted by Crippen LogP contribution is -2.26. The Labute approximate surface area is 150 Å². The first-order valence-corrected chi connectivity index (χ1v) is 8.26. The first kappa shape index (κ1) is 16.2. The predicted molar refractivity (Wildman–Crippen MR) is 98.4 cm³/mol. The molecule has 0 saturated heterocycles. The minimum atomic E-state index is -0.964. The van der Waals surface area contributed by atoms with Crippen molar-refractivity contribution >= 4 is 22.7 Å². The van der Waals surface area contributed by atoms with E-state index in [4.69, 9.17) is 0 Å². The SMILES string of the molecule is O=C1C(c2ccc(F)c(F)c2)=C(c2ccccc2)CN1c1ccccc1. The van der Waals surface area contributed by atoms with Gasteiger partial charge in [0.25, 0.3) is 5.91 Å². The molecule has 0 aliphatic carbocycles. The van der Waals surface area contributed by atoms with Gasteiger partial charge in [-0.3, -0.25) is 4.79 Å². The second-order valence-electron chi connectivity index (χ2n) is 6.08. The molecule has 0 fully saturated rings. The molecule has 3 aromatic rings. The van der Waals surface area contributed by atoms with Crippen molar-refractivity contribution in [3.05, 3.63) is 102 Å². The molecule has 1 aliphatic heterocycles. The van der Waals surface area contributed by atoms with Gasteiger partial charge in [0.2, 0.25) is 0 Å². The Hall–Kier alpha value is -3.27. The summed E-state index contributed by atoms with van der Waals surface area (Å²) in [6, 6.07) is 22.4. The summed E-state index contributed by atoms with van der Waals surface area (Å²) in [6.07, 6.45) is 0. The number of carbonyl (C=O) groups is 1. The molecule has 1 amide bonds. The average Bonchev–Trinajstić information content (AvgIpc) is 3.03. The number of amides is 1. The minimum Gasteiger partial charge on any atom is -0.304 e. The van der Waals surface area contributed by atoms with Gasteiger partial charge in [0, 0.05) is 5.69 Å². The van der Waals surface area contributed by atoms with E-state index in [2.05, 4.69) is 0 Å². The van der Waals surface area contributed by atoms with Crippen molar-refractivity contribution in [1.29, 1.82) is 0 Å². The number of benzene rings is 3. The van der Waals surface area contributed by atoms with E-state index in [0.717, 1.165) is 29.0 Å². The number of para-hydroxylation sites is 1. The van der Waals surface area contributed by atoms with Crippen LogP contribution in [0.2, 0.25) is 0 Å². The number of carbonyl (C=O) groups excluding carboxylic acids is 1. The molecule has 0 aromatic heterocycles. The molecule has 2 nitrogen and oxygen atoms in total. The Morgan fingerprint density at radius 1 is 0.731 bits per heavy atom. The summed E-state index contributed by atoms with van der Waals surface area (Å²) in [6.45, 7) is 0.376. The molecule has 0 unspecified atom stereocenters. The fraction of sp³-hybridized carbons (Fsp3) is 0.0455. The van der Waals surface area contributed by atoms with Crippen LogP contribution in [-0.4, -0.2) is 12.5 Å². The van der Waals surface area contributed by atoms with Gasteiger partial charge in [-0.15, -0.1) is 0 Å². The van der Waals surface area contributed by atoms with Gasteiger partial charge in [0.1, 0.15) is 0 Å².